The molecule has 1 unspecified atom stereocenters. The van der Waals surface area contributed by atoms with Gasteiger partial charge in [-0.1, -0.05) is 70.9 Å². The van der Waals surface area contributed by atoms with E-state index < -0.39 is 11.9 Å². The summed E-state index contributed by atoms with van der Waals surface area (Å²) >= 11 is 0. The first-order valence-electron chi connectivity index (χ1n) is 9.80. The van der Waals surface area contributed by atoms with Gasteiger partial charge in [0, 0.05) is 12.2 Å². The van der Waals surface area contributed by atoms with Crippen LogP contribution in [0.3, 0.4) is 0 Å². The average Bonchev–Trinajstić information content (AvgIpc) is 2.58. The predicted molar refractivity (Wildman–Crippen MR) is 102 cm³/mol. The smallest absolute Gasteiger partial charge is 0.331 e. The Balaban J connectivity index is 3.62. The fourth-order valence-corrected chi connectivity index (χ4v) is 2.42. The Morgan fingerprint density at radius 2 is 1.48 bits per heavy atom. The minimum absolute atomic E-state index is 0.132. The van der Waals surface area contributed by atoms with E-state index >= 15 is 0 Å². The molecule has 25 heavy (non-hydrogen) atoms. The molecule has 0 saturated carbocycles. The van der Waals surface area contributed by atoms with Gasteiger partial charge in [0.15, 0.2) is 0 Å². The minimum Gasteiger partial charge on any atom is -0.460 e. The molecule has 0 aliphatic carbocycles. The van der Waals surface area contributed by atoms with Crippen LogP contribution in [0.4, 0.5) is 0 Å². The second-order valence-corrected chi connectivity index (χ2v) is 6.38. The van der Waals surface area contributed by atoms with Gasteiger partial charge in [-0.15, -0.1) is 0 Å². The molecule has 0 aliphatic rings. The Kier molecular flexibility index (Phi) is 16.2. The van der Waals surface area contributed by atoms with Gasteiger partial charge in [-0.3, -0.25) is 0 Å². The lowest BCUT2D eigenvalue weighted by atomic mass is 10.1. The fourth-order valence-electron chi connectivity index (χ4n) is 2.42. The van der Waals surface area contributed by atoms with Gasteiger partial charge < -0.3 is 9.47 Å². The maximum absolute atomic E-state index is 11.5. The molecular formula is C21H36O4. The maximum Gasteiger partial charge on any atom is 0.331 e. The van der Waals surface area contributed by atoms with Crippen molar-refractivity contribution >= 4 is 11.9 Å². The van der Waals surface area contributed by atoms with Crippen molar-refractivity contribution in [2.45, 2.75) is 91.1 Å². The van der Waals surface area contributed by atoms with Crippen LogP contribution >= 0.6 is 0 Å². The van der Waals surface area contributed by atoms with Crippen molar-refractivity contribution in [3.63, 3.8) is 0 Å². The number of ether oxygens (including phenoxy) is 2. The molecule has 144 valence electrons. The van der Waals surface area contributed by atoms with Gasteiger partial charge in [0.2, 0.25) is 0 Å². The summed E-state index contributed by atoms with van der Waals surface area (Å²) in [6, 6.07) is 0. The summed E-state index contributed by atoms with van der Waals surface area (Å²) in [4.78, 5) is 22.9. The van der Waals surface area contributed by atoms with Crippen molar-refractivity contribution in [2.75, 3.05) is 6.61 Å². The minimum atomic E-state index is -0.527. The number of allylic oxidation sites excluding steroid dienone is 1. The Morgan fingerprint density at radius 1 is 0.840 bits per heavy atom. The molecular weight excluding hydrogens is 316 g/mol. The number of carbonyl (C=O) groups excluding carboxylic acids is 2. The molecule has 0 aliphatic heterocycles. The quantitative estimate of drug-likeness (QED) is 0.169. The van der Waals surface area contributed by atoms with Crippen molar-refractivity contribution in [3.05, 3.63) is 24.3 Å². The summed E-state index contributed by atoms with van der Waals surface area (Å²) in [5.74, 6) is -1.03. The van der Waals surface area contributed by atoms with Crippen molar-refractivity contribution in [1.82, 2.24) is 0 Å². The molecule has 0 amide bonds. The number of hydrogen-bond donors (Lipinski definition) is 0. The number of hydrogen-bond acceptors (Lipinski definition) is 4. The molecule has 0 aromatic rings. The SMILES string of the molecule is CCCCCCCCC/C=C/COC(=O)/C=C/C(=O)OC(C)CCC. The van der Waals surface area contributed by atoms with Crippen LogP contribution in [0.2, 0.25) is 0 Å². The van der Waals surface area contributed by atoms with E-state index in [4.69, 9.17) is 9.47 Å². The maximum atomic E-state index is 11.5. The Bertz CT molecular complexity index is 399. The highest BCUT2D eigenvalue weighted by molar-refractivity contribution is 5.91. The first-order chi connectivity index (χ1) is 12.1. The number of rotatable bonds is 15. The highest BCUT2D eigenvalue weighted by Crippen LogP contribution is 2.08. The zero-order valence-electron chi connectivity index (χ0n) is 16.3. The summed E-state index contributed by atoms with van der Waals surface area (Å²) in [7, 11) is 0. The average molecular weight is 353 g/mol. The van der Waals surface area contributed by atoms with Gasteiger partial charge in [0.05, 0.1) is 6.10 Å². The highest BCUT2D eigenvalue weighted by atomic mass is 16.5. The molecule has 0 aromatic heterocycles. The van der Waals surface area contributed by atoms with Crippen molar-refractivity contribution < 1.29 is 19.1 Å². The van der Waals surface area contributed by atoms with Crippen molar-refractivity contribution in [2.24, 2.45) is 0 Å². The van der Waals surface area contributed by atoms with E-state index in [1.54, 1.807) is 0 Å². The Hall–Kier alpha value is -1.58. The van der Waals surface area contributed by atoms with Crippen LogP contribution in [0.1, 0.15) is 85.0 Å². The molecule has 0 radical (unpaired) electrons. The molecule has 4 heteroatoms. The van der Waals surface area contributed by atoms with Gasteiger partial charge in [0.1, 0.15) is 6.61 Å². The lowest BCUT2D eigenvalue weighted by molar-refractivity contribution is -0.143. The molecule has 0 saturated heterocycles. The Morgan fingerprint density at radius 3 is 2.16 bits per heavy atom. The van der Waals surface area contributed by atoms with E-state index in [1.165, 1.54) is 44.9 Å². The Labute approximate surface area is 153 Å². The third-order valence-corrected chi connectivity index (χ3v) is 3.83. The van der Waals surface area contributed by atoms with Crippen LogP contribution in [0.15, 0.2) is 24.3 Å². The molecule has 0 N–H and O–H groups in total. The number of unbranched alkanes of at least 4 members (excludes halogenated alkanes) is 7. The van der Waals surface area contributed by atoms with Gasteiger partial charge in [-0.2, -0.15) is 0 Å². The summed E-state index contributed by atoms with van der Waals surface area (Å²) in [5.41, 5.74) is 0. The lowest BCUT2D eigenvalue weighted by Crippen LogP contribution is -2.13. The van der Waals surface area contributed by atoms with E-state index in [2.05, 4.69) is 6.92 Å². The normalized spacial score (nSPS) is 12.6. The zero-order valence-corrected chi connectivity index (χ0v) is 16.3. The summed E-state index contributed by atoms with van der Waals surface area (Å²) in [6.45, 7) is 6.33. The van der Waals surface area contributed by atoms with Crippen LogP contribution in [-0.4, -0.2) is 24.6 Å². The van der Waals surface area contributed by atoms with Gasteiger partial charge in [0.25, 0.3) is 0 Å². The molecule has 0 bridgehead atoms. The third kappa shape index (κ3) is 17.0. The first kappa shape index (κ1) is 23.4. The largest absolute Gasteiger partial charge is 0.460 e. The highest BCUT2D eigenvalue weighted by Gasteiger charge is 2.06. The first-order valence-corrected chi connectivity index (χ1v) is 9.80. The summed E-state index contributed by atoms with van der Waals surface area (Å²) in [6.07, 6.45) is 17.8. The van der Waals surface area contributed by atoms with E-state index in [1.807, 2.05) is 26.0 Å². The van der Waals surface area contributed by atoms with Gasteiger partial charge in [-0.05, 0) is 26.2 Å². The third-order valence-electron chi connectivity index (χ3n) is 3.83. The van der Waals surface area contributed by atoms with Crippen molar-refractivity contribution in [1.29, 1.82) is 0 Å². The standard InChI is InChI=1S/C21H36O4/c1-4-6-7-8-9-10-11-12-13-14-18-24-20(22)16-17-21(23)25-19(3)15-5-2/h13-14,16-17,19H,4-12,15,18H2,1-3H3/b14-13+,17-16+. The molecule has 1 atom stereocenters. The second-order valence-electron chi connectivity index (χ2n) is 6.38. The molecule has 0 rings (SSSR count). The molecule has 0 spiro atoms. The van der Waals surface area contributed by atoms with E-state index in [0.717, 1.165) is 31.4 Å². The van der Waals surface area contributed by atoms with Crippen molar-refractivity contribution in [3.8, 4) is 0 Å². The van der Waals surface area contributed by atoms with Crippen LogP contribution in [0.25, 0.3) is 0 Å². The van der Waals surface area contributed by atoms with Crippen LogP contribution in [0, 0.1) is 0 Å². The van der Waals surface area contributed by atoms with Gasteiger partial charge in [-0.25, -0.2) is 9.59 Å². The monoisotopic (exact) mass is 352 g/mol. The van der Waals surface area contributed by atoms with Crippen LogP contribution < -0.4 is 0 Å². The number of carbonyl (C=O) groups is 2. The molecule has 0 aromatic carbocycles. The topological polar surface area (TPSA) is 52.6 Å². The predicted octanol–water partition coefficient (Wildman–Crippen LogP) is 5.51. The molecule has 0 heterocycles. The molecule has 0 fully saturated rings. The lowest BCUT2D eigenvalue weighted by Gasteiger charge is -2.09. The fraction of sp³-hybridized carbons (Fsp3) is 0.714. The zero-order chi connectivity index (χ0) is 18.8. The molecule has 4 nitrogen and oxygen atoms in total. The van der Waals surface area contributed by atoms with Gasteiger partial charge >= 0.3 is 11.9 Å². The summed E-state index contributed by atoms with van der Waals surface area (Å²) < 4.78 is 10.1. The van der Waals surface area contributed by atoms with E-state index in [-0.39, 0.29) is 12.7 Å². The van der Waals surface area contributed by atoms with Crippen LogP contribution in [-0.2, 0) is 19.1 Å². The number of esters is 2. The van der Waals surface area contributed by atoms with E-state index in [0.29, 0.717) is 0 Å². The van der Waals surface area contributed by atoms with E-state index in [9.17, 15) is 9.59 Å². The van der Waals surface area contributed by atoms with Crippen LogP contribution in [0.5, 0.6) is 0 Å². The summed E-state index contributed by atoms with van der Waals surface area (Å²) in [5, 5.41) is 0. The second kappa shape index (κ2) is 17.2.